The highest BCUT2D eigenvalue weighted by Gasteiger charge is 2.59. The molecule has 5 nitrogen and oxygen atoms in total. The second kappa shape index (κ2) is 6.28. The van der Waals surface area contributed by atoms with Crippen LogP contribution in [0, 0.1) is 0 Å². The lowest BCUT2D eigenvalue weighted by Crippen LogP contribution is -2.41. The average molecular weight is 418 g/mol. The molecule has 3 aromatic carbocycles. The number of nitrogens with one attached hydrogen (secondary N) is 1. The third-order valence-electron chi connectivity index (χ3n) is 5.80. The highest BCUT2D eigenvalue weighted by atomic mass is 35.5. The van der Waals surface area contributed by atoms with Crippen molar-refractivity contribution >= 4 is 29.3 Å². The molecule has 3 aliphatic heterocycles. The molecule has 0 saturated carbocycles. The minimum absolute atomic E-state index is 0.176. The van der Waals surface area contributed by atoms with E-state index in [4.69, 9.17) is 25.8 Å². The molecule has 0 saturated heterocycles. The number of benzene rings is 3. The summed E-state index contributed by atoms with van der Waals surface area (Å²) in [5.74, 6) is 1.30. The maximum atomic E-state index is 13.3. The molecule has 1 N–H and O–H groups in total. The smallest absolute Gasteiger partial charge is 0.274 e. The molecule has 3 aromatic rings. The quantitative estimate of drug-likeness (QED) is 0.629. The molecule has 0 fully saturated rings. The van der Waals surface area contributed by atoms with Gasteiger partial charge in [-0.15, -0.1) is 0 Å². The van der Waals surface area contributed by atoms with Gasteiger partial charge in [0, 0.05) is 22.2 Å². The normalized spacial score (nSPS) is 22.8. The highest BCUT2D eigenvalue weighted by molar-refractivity contribution is 6.31. The summed E-state index contributed by atoms with van der Waals surface area (Å²) in [6.45, 7) is 0.176. The van der Waals surface area contributed by atoms with Crippen LogP contribution in [0.3, 0.4) is 0 Å². The molecule has 3 aliphatic rings. The van der Waals surface area contributed by atoms with Crippen molar-refractivity contribution in [3.63, 3.8) is 0 Å². The Labute approximate surface area is 177 Å². The molecular formula is C24H16ClNO4. The Kier molecular flexibility index (Phi) is 3.65. The number of hydrogen-bond donors (Lipinski definition) is 1. The number of anilines is 1. The van der Waals surface area contributed by atoms with Crippen LogP contribution in [0.2, 0.25) is 5.02 Å². The summed E-state index contributed by atoms with van der Waals surface area (Å²) < 4.78 is 17.5. The number of carbonyl (C=O) groups is 1. The lowest BCUT2D eigenvalue weighted by molar-refractivity contribution is -0.130. The topological polar surface area (TPSA) is 56.8 Å². The zero-order valence-electron chi connectivity index (χ0n) is 15.7. The van der Waals surface area contributed by atoms with Gasteiger partial charge in [-0.1, -0.05) is 60.2 Å². The molecular weight excluding hydrogens is 402 g/mol. The van der Waals surface area contributed by atoms with Crippen LogP contribution in [0.15, 0.2) is 66.7 Å². The van der Waals surface area contributed by atoms with Gasteiger partial charge in [-0.2, -0.15) is 0 Å². The summed E-state index contributed by atoms with van der Waals surface area (Å²) in [5.41, 5.74) is 2.13. The third kappa shape index (κ3) is 2.39. The van der Waals surface area contributed by atoms with Crippen LogP contribution in [-0.4, -0.2) is 12.7 Å². The summed E-state index contributed by atoms with van der Waals surface area (Å²) in [5, 5.41) is 3.50. The van der Waals surface area contributed by atoms with Crippen LogP contribution >= 0.6 is 11.6 Å². The summed E-state index contributed by atoms with van der Waals surface area (Å²) in [6, 6.07) is 19.1. The Morgan fingerprint density at radius 2 is 1.80 bits per heavy atom. The summed E-state index contributed by atoms with van der Waals surface area (Å²) >= 11 is 6.16. The second-order valence-electron chi connectivity index (χ2n) is 7.47. The van der Waals surface area contributed by atoms with Gasteiger partial charge >= 0.3 is 0 Å². The molecule has 0 radical (unpaired) electrons. The minimum atomic E-state index is -1.22. The first-order valence-electron chi connectivity index (χ1n) is 9.62. The maximum absolute atomic E-state index is 13.3. The molecule has 6 rings (SSSR count). The van der Waals surface area contributed by atoms with Gasteiger partial charge < -0.3 is 19.5 Å². The number of amides is 1. The van der Waals surface area contributed by atoms with Gasteiger partial charge in [0.05, 0.1) is 11.6 Å². The first-order chi connectivity index (χ1) is 14.6. The molecule has 2 atom stereocenters. The fourth-order valence-corrected chi connectivity index (χ4v) is 4.60. The van der Waals surface area contributed by atoms with E-state index in [0.717, 1.165) is 16.7 Å². The summed E-state index contributed by atoms with van der Waals surface area (Å²) in [7, 11) is 0. The van der Waals surface area contributed by atoms with E-state index in [1.54, 1.807) is 18.2 Å². The van der Waals surface area contributed by atoms with Gasteiger partial charge in [0.1, 0.15) is 5.75 Å². The lowest BCUT2D eigenvalue weighted by Gasteiger charge is -2.27. The molecule has 30 heavy (non-hydrogen) atoms. The van der Waals surface area contributed by atoms with Gasteiger partial charge in [0.15, 0.2) is 11.5 Å². The molecule has 0 aliphatic carbocycles. The fourth-order valence-electron chi connectivity index (χ4n) is 4.43. The molecule has 0 bridgehead atoms. The van der Waals surface area contributed by atoms with Crippen LogP contribution in [0.5, 0.6) is 17.2 Å². The van der Waals surface area contributed by atoms with Crippen LogP contribution in [0.4, 0.5) is 5.69 Å². The molecule has 1 spiro atoms. The molecule has 0 aromatic heterocycles. The maximum Gasteiger partial charge on any atom is 0.274 e. The van der Waals surface area contributed by atoms with Crippen LogP contribution in [0.25, 0.3) is 6.08 Å². The molecule has 148 valence electrons. The SMILES string of the molecule is O=C1Nc2cc(Cl)ccc2[C@]12Oc1cc3c(cc1[C@@H]2/C=C/c1ccccc1)OCO3. The van der Waals surface area contributed by atoms with E-state index >= 15 is 0 Å². The Morgan fingerprint density at radius 3 is 2.63 bits per heavy atom. The van der Waals surface area contributed by atoms with Gasteiger partial charge in [-0.3, -0.25) is 4.79 Å². The lowest BCUT2D eigenvalue weighted by atomic mass is 9.79. The van der Waals surface area contributed by atoms with Crippen molar-refractivity contribution in [2.75, 3.05) is 12.1 Å². The Balaban J connectivity index is 1.54. The molecule has 6 heteroatoms. The van der Waals surface area contributed by atoms with Crippen LogP contribution in [-0.2, 0) is 10.4 Å². The van der Waals surface area contributed by atoms with Crippen molar-refractivity contribution in [3.8, 4) is 17.2 Å². The van der Waals surface area contributed by atoms with Crippen molar-refractivity contribution in [1.29, 1.82) is 0 Å². The zero-order valence-corrected chi connectivity index (χ0v) is 16.5. The van der Waals surface area contributed by atoms with Crippen molar-refractivity contribution in [2.45, 2.75) is 11.5 Å². The molecule has 3 heterocycles. The van der Waals surface area contributed by atoms with E-state index in [9.17, 15) is 4.79 Å². The molecule has 1 amide bonds. The second-order valence-corrected chi connectivity index (χ2v) is 7.91. The fraction of sp³-hybridized carbons (Fsp3) is 0.125. The number of carbonyl (C=O) groups excluding carboxylic acids is 1. The van der Waals surface area contributed by atoms with E-state index in [1.165, 1.54) is 0 Å². The van der Waals surface area contributed by atoms with Crippen LogP contribution in [0.1, 0.15) is 22.6 Å². The predicted octanol–water partition coefficient (Wildman–Crippen LogP) is 5.11. The van der Waals surface area contributed by atoms with Gasteiger partial charge in [0.25, 0.3) is 5.91 Å². The summed E-state index contributed by atoms with van der Waals surface area (Å²) in [4.78, 5) is 13.3. The largest absolute Gasteiger partial charge is 0.471 e. The number of hydrogen-bond acceptors (Lipinski definition) is 4. The van der Waals surface area contributed by atoms with E-state index in [-0.39, 0.29) is 18.6 Å². The van der Waals surface area contributed by atoms with Crippen molar-refractivity contribution in [2.24, 2.45) is 0 Å². The number of fused-ring (bicyclic) bond motifs is 4. The van der Waals surface area contributed by atoms with Crippen LogP contribution < -0.4 is 19.5 Å². The van der Waals surface area contributed by atoms with Gasteiger partial charge in [0.2, 0.25) is 12.4 Å². The number of halogens is 1. The van der Waals surface area contributed by atoms with E-state index in [2.05, 4.69) is 5.32 Å². The highest BCUT2D eigenvalue weighted by Crippen LogP contribution is 2.58. The third-order valence-corrected chi connectivity index (χ3v) is 6.03. The first-order valence-corrected chi connectivity index (χ1v) is 10.0. The van der Waals surface area contributed by atoms with Crippen molar-refractivity contribution in [3.05, 3.63) is 88.5 Å². The standard InChI is InChI=1S/C24H16ClNO4/c25-15-7-9-18-19(10-15)26-23(27)24(18)17(8-6-14-4-2-1-3-5-14)16-11-21-22(29-13-28-21)12-20(16)30-24/h1-12,17H,13H2,(H,26,27)/b8-6+/t17-,24-/m0/s1. The average Bonchev–Trinajstić information content (AvgIpc) is 3.40. The van der Waals surface area contributed by atoms with Gasteiger partial charge in [-0.05, 0) is 23.8 Å². The van der Waals surface area contributed by atoms with E-state index in [1.807, 2.05) is 54.6 Å². The van der Waals surface area contributed by atoms with Crippen molar-refractivity contribution in [1.82, 2.24) is 0 Å². The number of ether oxygens (including phenoxy) is 3. The number of rotatable bonds is 2. The Morgan fingerprint density at radius 1 is 1.00 bits per heavy atom. The van der Waals surface area contributed by atoms with E-state index < -0.39 is 5.60 Å². The minimum Gasteiger partial charge on any atom is -0.471 e. The Bertz CT molecular complexity index is 1220. The molecule has 0 unspecified atom stereocenters. The first kappa shape index (κ1) is 17.4. The van der Waals surface area contributed by atoms with Crippen molar-refractivity contribution < 1.29 is 19.0 Å². The van der Waals surface area contributed by atoms with E-state index in [0.29, 0.717) is 28.0 Å². The Hall–Kier alpha value is -3.44. The zero-order chi connectivity index (χ0) is 20.3. The van der Waals surface area contributed by atoms with Gasteiger partial charge in [-0.25, -0.2) is 0 Å². The monoisotopic (exact) mass is 417 g/mol. The summed E-state index contributed by atoms with van der Waals surface area (Å²) in [6.07, 6.45) is 4.03. The predicted molar refractivity (Wildman–Crippen MR) is 113 cm³/mol.